The Labute approximate surface area is 177 Å². The number of fused-ring (bicyclic) bond motifs is 1. The molecule has 3 aromatic rings. The van der Waals surface area contributed by atoms with Gasteiger partial charge in [-0.1, -0.05) is 42.5 Å². The summed E-state index contributed by atoms with van der Waals surface area (Å²) in [6, 6.07) is 18.3. The third-order valence-electron chi connectivity index (χ3n) is 5.13. The molecule has 0 aliphatic carbocycles. The van der Waals surface area contributed by atoms with Gasteiger partial charge < -0.3 is 15.0 Å². The first-order valence-corrected chi connectivity index (χ1v) is 10.5. The molecule has 1 aromatic heterocycles. The molecule has 0 bridgehead atoms. The number of ether oxygens (including phenoxy) is 1. The summed E-state index contributed by atoms with van der Waals surface area (Å²) in [6.07, 6.45) is 1.34. The number of carbonyl (C=O) groups is 1. The molecule has 30 heavy (non-hydrogen) atoms. The molecule has 2 aromatic carbocycles. The van der Waals surface area contributed by atoms with Gasteiger partial charge in [0.05, 0.1) is 5.52 Å². The van der Waals surface area contributed by atoms with Crippen LogP contribution in [-0.4, -0.2) is 40.8 Å². The summed E-state index contributed by atoms with van der Waals surface area (Å²) in [6.45, 7) is 7.25. The van der Waals surface area contributed by atoms with E-state index in [1.165, 1.54) is 0 Å². The molecule has 1 fully saturated rings. The highest BCUT2D eigenvalue weighted by Gasteiger charge is 2.25. The number of alkyl carbamates (subject to hydrolysis) is 1. The van der Waals surface area contributed by atoms with E-state index in [1.54, 1.807) is 0 Å². The number of nitrogens with one attached hydrogen (secondary N) is 1. The van der Waals surface area contributed by atoms with Crippen molar-refractivity contribution in [3.8, 4) is 11.4 Å². The fraction of sp³-hybridized carbons (Fsp3) is 0.375. The molecule has 1 aliphatic heterocycles. The molecule has 156 valence electrons. The van der Waals surface area contributed by atoms with Crippen molar-refractivity contribution in [1.82, 2.24) is 15.3 Å². The van der Waals surface area contributed by atoms with Gasteiger partial charge in [-0.2, -0.15) is 0 Å². The van der Waals surface area contributed by atoms with Crippen LogP contribution in [0.3, 0.4) is 0 Å². The van der Waals surface area contributed by atoms with E-state index in [9.17, 15) is 4.79 Å². The van der Waals surface area contributed by atoms with Gasteiger partial charge in [-0.25, -0.2) is 14.8 Å². The molecular formula is C24H28N4O2. The van der Waals surface area contributed by atoms with Crippen LogP contribution < -0.4 is 10.2 Å². The Bertz CT molecular complexity index is 1020. The number of nitrogens with zero attached hydrogens (tertiary/aromatic N) is 3. The van der Waals surface area contributed by atoms with Gasteiger partial charge in [0.2, 0.25) is 0 Å². The maximum absolute atomic E-state index is 12.1. The third-order valence-corrected chi connectivity index (χ3v) is 5.13. The molecule has 0 saturated carbocycles. The summed E-state index contributed by atoms with van der Waals surface area (Å²) in [7, 11) is 0. The van der Waals surface area contributed by atoms with Crippen LogP contribution in [0.4, 0.5) is 10.6 Å². The van der Waals surface area contributed by atoms with Gasteiger partial charge in [0.1, 0.15) is 11.4 Å². The minimum absolute atomic E-state index is 0.109. The molecule has 2 heterocycles. The van der Waals surface area contributed by atoms with Crippen molar-refractivity contribution in [1.29, 1.82) is 0 Å². The van der Waals surface area contributed by atoms with Crippen LogP contribution in [0.2, 0.25) is 0 Å². The van der Waals surface area contributed by atoms with Gasteiger partial charge in [-0.05, 0) is 45.7 Å². The lowest BCUT2D eigenvalue weighted by atomic mass is 10.0. The van der Waals surface area contributed by atoms with Crippen molar-refractivity contribution in [2.75, 3.05) is 18.0 Å². The van der Waals surface area contributed by atoms with Gasteiger partial charge in [0.15, 0.2) is 5.82 Å². The lowest BCUT2D eigenvalue weighted by molar-refractivity contribution is 0.0497. The number of anilines is 1. The van der Waals surface area contributed by atoms with Crippen molar-refractivity contribution >= 4 is 22.8 Å². The Morgan fingerprint density at radius 2 is 1.67 bits per heavy atom. The fourth-order valence-electron chi connectivity index (χ4n) is 3.73. The highest BCUT2D eigenvalue weighted by Crippen LogP contribution is 2.29. The summed E-state index contributed by atoms with van der Waals surface area (Å²) in [4.78, 5) is 24.1. The Morgan fingerprint density at radius 3 is 2.37 bits per heavy atom. The van der Waals surface area contributed by atoms with Crippen LogP contribution in [0.15, 0.2) is 54.6 Å². The second-order valence-corrected chi connectivity index (χ2v) is 8.66. The number of hydrogen-bond donors (Lipinski definition) is 1. The van der Waals surface area contributed by atoms with E-state index in [-0.39, 0.29) is 12.1 Å². The molecule has 4 rings (SSSR count). The first-order valence-electron chi connectivity index (χ1n) is 10.5. The zero-order chi connectivity index (χ0) is 21.1. The monoisotopic (exact) mass is 404 g/mol. The van der Waals surface area contributed by atoms with Gasteiger partial charge in [0.25, 0.3) is 0 Å². The van der Waals surface area contributed by atoms with Crippen LogP contribution in [0.1, 0.15) is 33.6 Å². The van der Waals surface area contributed by atoms with E-state index in [2.05, 4.69) is 16.3 Å². The van der Waals surface area contributed by atoms with E-state index in [0.717, 1.165) is 54.0 Å². The van der Waals surface area contributed by atoms with Crippen molar-refractivity contribution in [3.63, 3.8) is 0 Å². The van der Waals surface area contributed by atoms with Gasteiger partial charge in [-0.3, -0.25) is 0 Å². The van der Waals surface area contributed by atoms with E-state index in [1.807, 2.05) is 69.3 Å². The molecule has 6 nitrogen and oxygen atoms in total. The molecule has 0 unspecified atom stereocenters. The highest BCUT2D eigenvalue weighted by molar-refractivity contribution is 5.91. The Kier molecular flexibility index (Phi) is 5.57. The number of amides is 1. The quantitative estimate of drug-likeness (QED) is 0.680. The molecule has 6 heteroatoms. The van der Waals surface area contributed by atoms with Crippen molar-refractivity contribution in [2.24, 2.45) is 0 Å². The SMILES string of the molecule is CC(C)(C)OC(=O)NC1CCN(c2nc(-c3ccccc3)nc3ccccc23)CC1. The van der Waals surface area contributed by atoms with Crippen molar-refractivity contribution < 1.29 is 9.53 Å². The number of hydrogen-bond acceptors (Lipinski definition) is 5. The fourth-order valence-corrected chi connectivity index (χ4v) is 3.73. The minimum atomic E-state index is -0.488. The molecular weight excluding hydrogens is 376 g/mol. The number of aromatic nitrogens is 2. The number of rotatable bonds is 3. The second-order valence-electron chi connectivity index (χ2n) is 8.66. The van der Waals surface area contributed by atoms with Gasteiger partial charge >= 0.3 is 6.09 Å². The zero-order valence-electron chi connectivity index (χ0n) is 17.8. The normalized spacial score (nSPS) is 15.2. The van der Waals surface area contributed by atoms with Crippen LogP contribution in [0.5, 0.6) is 0 Å². The average molecular weight is 405 g/mol. The molecule has 1 aliphatic rings. The van der Waals surface area contributed by atoms with Crippen LogP contribution in [0.25, 0.3) is 22.3 Å². The molecule has 1 N–H and O–H groups in total. The summed E-state index contributed by atoms with van der Waals surface area (Å²) in [5, 5.41) is 4.05. The summed E-state index contributed by atoms with van der Waals surface area (Å²) in [5.74, 6) is 1.69. The average Bonchev–Trinajstić information content (AvgIpc) is 2.73. The zero-order valence-corrected chi connectivity index (χ0v) is 17.8. The number of benzene rings is 2. The molecule has 0 atom stereocenters. The van der Waals surface area contributed by atoms with Crippen molar-refractivity contribution in [2.45, 2.75) is 45.3 Å². The van der Waals surface area contributed by atoms with E-state index < -0.39 is 5.60 Å². The Balaban J connectivity index is 1.53. The molecule has 0 radical (unpaired) electrons. The van der Waals surface area contributed by atoms with Crippen LogP contribution >= 0.6 is 0 Å². The minimum Gasteiger partial charge on any atom is -0.444 e. The summed E-state index contributed by atoms with van der Waals surface area (Å²) >= 11 is 0. The number of piperidine rings is 1. The van der Waals surface area contributed by atoms with Crippen LogP contribution in [0, 0.1) is 0 Å². The van der Waals surface area contributed by atoms with E-state index >= 15 is 0 Å². The van der Waals surface area contributed by atoms with E-state index in [4.69, 9.17) is 14.7 Å². The second kappa shape index (κ2) is 8.30. The van der Waals surface area contributed by atoms with Crippen molar-refractivity contribution in [3.05, 3.63) is 54.6 Å². The maximum Gasteiger partial charge on any atom is 0.407 e. The van der Waals surface area contributed by atoms with E-state index in [0.29, 0.717) is 0 Å². The first-order chi connectivity index (χ1) is 14.4. The standard InChI is InChI=1S/C24H28N4O2/c1-24(2,3)30-23(29)25-18-13-15-28(16-14-18)22-19-11-7-8-12-20(19)26-21(27-22)17-9-5-4-6-10-17/h4-12,18H,13-16H2,1-3H3,(H,25,29). The Hall–Kier alpha value is -3.15. The topological polar surface area (TPSA) is 67.3 Å². The van der Waals surface area contributed by atoms with Crippen LogP contribution in [-0.2, 0) is 4.74 Å². The predicted octanol–water partition coefficient (Wildman–Crippen LogP) is 4.79. The summed E-state index contributed by atoms with van der Waals surface area (Å²) in [5.41, 5.74) is 1.46. The van der Waals surface area contributed by atoms with Gasteiger partial charge in [-0.15, -0.1) is 0 Å². The first kappa shape index (κ1) is 20.1. The summed E-state index contributed by atoms with van der Waals surface area (Å²) < 4.78 is 5.39. The predicted molar refractivity (Wildman–Crippen MR) is 120 cm³/mol. The smallest absolute Gasteiger partial charge is 0.407 e. The maximum atomic E-state index is 12.1. The number of para-hydroxylation sites is 1. The van der Waals surface area contributed by atoms with Gasteiger partial charge in [0, 0.05) is 30.1 Å². The Morgan fingerprint density at radius 1 is 1.00 bits per heavy atom. The third kappa shape index (κ3) is 4.70. The lowest BCUT2D eigenvalue weighted by Gasteiger charge is -2.34. The lowest BCUT2D eigenvalue weighted by Crippen LogP contribution is -2.46. The largest absolute Gasteiger partial charge is 0.444 e. The number of carbonyl (C=O) groups excluding carboxylic acids is 1. The highest BCUT2D eigenvalue weighted by atomic mass is 16.6. The molecule has 0 spiro atoms. The molecule has 1 saturated heterocycles. The molecule has 1 amide bonds.